The average Bonchev–Trinajstić information content (AvgIpc) is 3.15. The Morgan fingerprint density at radius 2 is 1.63 bits per heavy atom. The minimum atomic E-state index is -0.105. The summed E-state index contributed by atoms with van der Waals surface area (Å²) in [7, 11) is 0. The second-order valence-corrected chi connectivity index (χ2v) is 10.7. The Kier molecular flexibility index (Phi) is 8.83. The van der Waals surface area contributed by atoms with Crippen LogP contribution < -0.4 is 15.9 Å². The number of thioether (sulfide) groups is 1. The van der Waals surface area contributed by atoms with E-state index >= 15 is 0 Å². The number of nitrogens with one attached hydrogen (secondary N) is 1. The summed E-state index contributed by atoms with van der Waals surface area (Å²) in [6, 6.07) is 12.4. The van der Waals surface area contributed by atoms with Gasteiger partial charge in [-0.2, -0.15) is 0 Å². The molecule has 0 bridgehead atoms. The summed E-state index contributed by atoms with van der Waals surface area (Å²) in [5.41, 5.74) is 5.43. The zero-order valence-electron chi connectivity index (χ0n) is 21.8. The van der Waals surface area contributed by atoms with E-state index in [4.69, 9.17) is 10.6 Å². The number of hydrogen-bond acceptors (Lipinski definition) is 6. The number of nitrogen functional groups attached to an aromatic ring is 1. The molecular weight excluding hydrogens is 458 g/mol. The number of para-hydroxylation sites is 1. The van der Waals surface area contributed by atoms with Crippen LogP contribution in [-0.2, 0) is 11.4 Å². The summed E-state index contributed by atoms with van der Waals surface area (Å²) in [5, 5.41) is 11.9. The van der Waals surface area contributed by atoms with Gasteiger partial charge in [0.2, 0.25) is 11.1 Å². The van der Waals surface area contributed by atoms with Gasteiger partial charge in [0.1, 0.15) is 12.4 Å². The lowest BCUT2D eigenvalue weighted by atomic mass is 9.92. The molecule has 35 heavy (non-hydrogen) atoms. The number of ether oxygens (including phenoxy) is 1. The van der Waals surface area contributed by atoms with E-state index in [9.17, 15) is 4.79 Å². The van der Waals surface area contributed by atoms with Crippen molar-refractivity contribution in [2.24, 2.45) is 0 Å². The maximum absolute atomic E-state index is 12.8. The normalized spacial score (nSPS) is 11.5. The summed E-state index contributed by atoms with van der Waals surface area (Å²) in [6.45, 7) is 15.0. The van der Waals surface area contributed by atoms with Crippen LogP contribution in [0.25, 0.3) is 0 Å². The smallest absolute Gasteiger partial charge is 0.234 e. The van der Waals surface area contributed by atoms with Crippen LogP contribution in [-0.4, -0.2) is 26.5 Å². The number of aryl methyl sites for hydroxylation is 1. The largest absolute Gasteiger partial charge is 0.485 e. The standard InChI is InChI=1S/C27H37N5O2S/c1-16(2)20-12-11-19(7)13-23(20)34-14-24-30-31-27(32(24)28)35-15-25(33)29-26-21(17(3)4)9-8-10-22(26)18(5)6/h8-13,16-18H,14-15,28H2,1-7H3,(H,29,33). The zero-order valence-corrected chi connectivity index (χ0v) is 22.6. The van der Waals surface area contributed by atoms with Crippen LogP contribution in [0.5, 0.6) is 5.75 Å². The lowest BCUT2D eigenvalue weighted by Gasteiger charge is -2.20. The third kappa shape index (κ3) is 6.57. The van der Waals surface area contributed by atoms with Crippen molar-refractivity contribution in [3.8, 4) is 5.75 Å². The molecule has 188 valence electrons. The number of carbonyl (C=O) groups excluding carboxylic acids is 1. The molecule has 1 aromatic heterocycles. The number of rotatable bonds is 10. The molecule has 3 rings (SSSR count). The Morgan fingerprint density at radius 3 is 2.23 bits per heavy atom. The second kappa shape index (κ2) is 11.6. The van der Waals surface area contributed by atoms with Crippen molar-refractivity contribution in [1.82, 2.24) is 14.9 Å². The highest BCUT2D eigenvalue weighted by molar-refractivity contribution is 7.99. The van der Waals surface area contributed by atoms with Crippen molar-refractivity contribution in [2.45, 2.75) is 78.0 Å². The zero-order chi connectivity index (χ0) is 25.7. The van der Waals surface area contributed by atoms with E-state index in [1.54, 1.807) is 0 Å². The number of hydrogen-bond donors (Lipinski definition) is 2. The first kappa shape index (κ1) is 26.6. The van der Waals surface area contributed by atoms with Crippen molar-refractivity contribution in [1.29, 1.82) is 0 Å². The van der Waals surface area contributed by atoms with Gasteiger partial charge in [-0.3, -0.25) is 4.79 Å². The monoisotopic (exact) mass is 495 g/mol. The Morgan fingerprint density at radius 1 is 1.00 bits per heavy atom. The van der Waals surface area contributed by atoms with E-state index in [0.717, 1.165) is 33.7 Å². The molecule has 1 amide bonds. The Bertz CT molecular complexity index is 1140. The van der Waals surface area contributed by atoms with Gasteiger partial charge in [-0.1, -0.05) is 83.6 Å². The molecule has 0 spiro atoms. The van der Waals surface area contributed by atoms with Gasteiger partial charge in [0.05, 0.1) is 5.75 Å². The highest BCUT2D eigenvalue weighted by Gasteiger charge is 2.18. The van der Waals surface area contributed by atoms with Gasteiger partial charge < -0.3 is 15.9 Å². The predicted molar refractivity (Wildman–Crippen MR) is 144 cm³/mol. The predicted octanol–water partition coefficient (Wildman–Crippen LogP) is 5.98. The van der Waals surface area contributed by atoms with Gasteiger partial charge in [-0.25, -0.2) is 4.68 Å². The van der Waals surface area contributed by atoms with Crippen LogP contribution in [0.1, 0.15) is 87.4 Å². The minimum Gasteiger partial charge on any atom is -0.485 e. The first-order valence-electron chi connectivity index (χ1n) is 12.1. The molecule has 8 heteroatoms. The van der Waals surface area contributed by atoms with Gasteiger partial charge >= 0.3 is 0 Å². The van der Waals surface area contributed by atoms with Crippen molar-refractivity contribution >= 4 is 23.4 Å². The molecule has 0 aliphatic carbocycles. The van der Waals surface area contributed by atoms with E-state index in [1.807, 2.05) is 13.0 Å². The fourth-order valence-corrected chi connectivity index (χ4v) is 4.57. The van der Waals surface area contributed by atoms with E-state index < -0.39 is 0 Å². The SMILES string of the molecule is Cc1ccc(C(C)C)c(OCc2nnc(SCC(=O)Nc3c(C(C)C)cccc3C(C)C)n2N)c1. The van der Waals surface area contributed by atoms with Gasteiger partial charge in [-0.15, -0.1) is 10.2 Å². The van der Waals surface area contributed by atoms with E-state index in [0.29, 0.717) is 28.7 Å². The highest BCUT2D eigenvalue weighted by atomic mass is 32.2. The van der Waals surface area contributed by atoms with Crippen LogP contribution in [0.2, 0.25) is 0 Å². The van der Waals surface area contributed by atoms with Gasteiger partial charge in [0.25, 0.3) is 0 Å². The molecule has 3 aromatic rings. The Labute approximate surface area is 212 Å². The maximum atomic E-state index is 12.8. The van der Waals surface area contributed by atoms with Crippen molar-refractivity contribution in [3.05, 3.63) is 64.5 Å². The van der Waals surface area contributed by atoms with Crippen molar-refractivity contribution in [2.75, 3.05) is 16.9 Å². The molecule has 3 N–H and O–H groups in total. The first-order valence-corrected chi connectivity index (χ1v) is 13.0. The fraction of sp³-hybridized carbons (Fsp3) is 0.444. The molecule has 0 radical (unpaired) electrons. The summed E-state index contributed by atoms with van der Waals surface area (Å²) in [5.74, 6) is 8.55. The number of nitrogens with zero attached hydrogens (tertiary/aromatic N) is 3. The summed E-state index contributed by atoms with van der Waals surface area (Å²) in [6.07, 6.45) is 0. The molecule has 0 aliphatic heterocycles. The van der Waals surface area contributed by atoms with Gasteiger partial charge in [-0.05, 0) is 53.0 Å². The lowest BCUT2D eigenvalue weighted by molar-refractivity contribution is -0.113. The van der Waals surface area contributed by atoms with Gasteiger partial charge in [0.15, 0.2) is 5.82 Å². The summed E-state index contributed by atoms with van der Waals surface area (Å²) >= 11 is 1.25. The number of aromatic nitrogens is 3. The van der Waals surface area contributed by atoms with Crippen molar-refractivity contribution < 1.29 is 9.53 Å². The number of nitrogens with two attached hydrogens (primary N) is 1. The van der Waals surface area contributed by atoms with Crippen molar-refractivity contribution in [3.63, 3.8) is 0 Å². The number of carbonyl (C=O) groups is 1. The number of amides is 1. The summed E-state index contributed by atoms with van der Waals surface area (Å²) in [4.78, 5) is 12.8. The molecule has 0 aliphatic rings. The molecule has 0 atom stereocenters. The van der Waals surface area contributed by atoms with E-state index in [1.165, 1.54) is 16.4 Å². The molecule has 0 fully saturated rings. The maximum Gasteiger partial charge on any atom is 0.234 e. The van der Waals surface area contributed by atoms with Gasteiger partial charge in [0, 0.05) is 5.69 Å². The third-order valence-corrected chi connectivity index (χ3v) is 6.80. The Hall–Kier alpha value is -3.00. The Balaban J connectivity index is 1.66. The fourth-order valence-electron chi connectivity index (χ4n) is 3.89. The average molecular weight is 496 g/mol. The molecule has 7 nitrogen and oxygen atoms in total. The quantitative estimate of drug-likeness (QED) is 0.265. The van der Waals surface area contributed by atoms with Crippen LogP contribution >= 0.6 is 11.8 Å². The number of benzene rings is 2. The molecular formula is C27H37N5O2S. The van der Waals surface area contributed by atoms with Crippen LogP contribution in [0.4, 0.5) is 5.69 Å². The number of anilines is 1. The molecule has 2 aromatic carbocycles. The minimum absolute atomic E-state index is 0.105. The highest BCUT2D eigenvalue weighted by Crippen LogP contribution is 2.33. The molecule has 0 saturated carbocycles. The second-order valence-electron chi connectivity index (χ2n) is 9.71. The lowest BCUT2D eigenvalue weighted by Crippen LogP contribution is -2.19. The summed E-state index contributed by atoms with van der Waals surface area (Å²) < 4.78 is 7.44. The van der Waals surface area contributed by atoms with Crippen LogP contribution in [0.15, 0.2) is 41.6 Å². The van der Waals surface area contributed by atoms with E-state index in [-0.39, 0.29) is 18.3 Å². The molecule has 1 heterocycles. The topological polar surface area (TPSA) is 95.1 Å². The van der Waals surface area contributed by atoms with Crippen LogP contribution in [0.3, 0.4) is 0 Å². The van der Waals surface area contributed by atoms with Crippen LogP contribution in [0, 0.1) is 6.92 Å². The third-order valence-electron chi connectivity index (χ3n) is 5.85. The molecule has 0 saturated heterocycles. The first-order chi connectivity index (χ1) is 16.6. The van der Waals surface area contributed by atoms with E-state index in [2.05, 4.69) is 87.4 Å². The molecule has 0 unspecified atom stereocenters.